The summed E-state index contributed by atoms with van der Waals surface area (Å²) in [4.78, 5) is 16.7. The fourth-order valence-corrected chi connectivity index (χ4v) is 3.35. The van der Waals surface area contributed by atoms with Crippen LogP contribution in [0.15, 0.2) is 41.0 Å². The second-order valence-corrected chi connectivity index (χ2v) is 7.15. The van der Waals surface area contributed by atoms with Gasteiger partial charge in [-0.25, -0.2) is 4.98 Å². The number of carbonyl (C=O) groups is 1. The summed E-state index contributed by atoms with van der Waals surface area (Å²) in [6.07, 6.45) is 8.82. The molecule has 0 radical (unpaired) electrons. The van der Waals surface area contributed by atoms with Crippen molar-refractivity contribution in [2.24, 2.45) is 5.92 Å². The van der Waals surface area contributed by atoms with Crippen LogP contribution >= 0.6 is 0 Å². The molecule has 0 unspecified atom stereocenters. The van der Waals surface area contributed by atoms with E-state index in [9.17, 15) is 4.79 Å². The van der Waals surface area contributed by atoms with E-state index >= 15 is 0 Å². The summed E-state index contributed by atoms with van der Waals surface area (Å²) < 4.78 is 11.4. The Bertz CT molecular complexity index is 701. The van der Waals surface area contributed by atoms with E-state index in [0.29, 0.717) is 17.5 Å². The van der Waals surface area contributed by atoms with Crippen molar-refractivity contribution in [3.63, 3.8) is 0 Å². The zero-order valence-corrected chi connectivity index (χ0v) is 14.3. The smallest absolute Gasteiger partial charge is 0.273 e. The van der Waals surface area contributed by atoms with E-state index in [0.717, 1.165) is 37.9 Å². The van der Waals surface area contributed by atoms with Gasteiger partial charge >= 0.3 is 0 Å². The minimum Gasteiger partial charge on any atom is -0.490 e. The molecule has 0 aliphatic heterocycles. The maximum atomic E-state index is 12.3. The lowest BCUT2D eigenvalue weighted by atomic mass is 9.93. The first-order valence-corrected chi connectivity index (χ1v) is 9.23. The van der Waals surface area contributed by atoms with Gasteiger partial charge in [0.2, 0.25) is 0 Å². The van der Waals surface area contributed by atoms with Crippen molar-refractivity contribution in [3.8, 4) is 5.75 Å². The van der Waals surface area contributed by atoms with Gasteiger partial charge in [0.05, 0.1) is 6.10 Å². The number of amides is 1. The van der Waals surface area contributed by atoms with Gasteiger partial charge in [0, 0.05) is 12.5 Å². The van der Waals surface area contributed by atoms with Crippen LogP contribution in [0.5, 0.6) is 5.75 Å². The van der Waals surface area contributed by atoms with Crippen molar-refractivity contribution in [1.82, 2.24) is 10.3 Å². The van der Waals surface area contributed by atoms with Crippen LogP contribution in [-0.2, 0) is 6.42 Å². The third-order valence-corrected chi connectivity index (χ3v) is 5.00. The van der Waals surface area contributed by atoms with Crippen LogP contribution in [-0.4, -0.2) is 23.0 Å². The fourth-order valence-electron chi connectivity index (χ4n) is 3.35. The number of rotatable bonds is 6. The topological polar surface area (TPSA) is 64.4 Å². The molecule has 0 atom stereocenters. The lowest BCUT2D eigenvalue weighted by molar-refractivity contribution is 0.0889. The van der Waals surface area contributed by atoms with Crippen molar-refractivity contribution < 1.29 is 13.9 Å². The summed E-state index contributed by atoms with van der Waals surface area (Å²) in [5.74, 6) is 2.18. The van der Waals surface area contributed by atoms with Crippen LogP contribution in [0.2, 0.25) is 0 Å². The Morgan fingerprint density at radius 3 is 2.60 bits per heavy atom. The molecule has 0 spiro atoms. The Kier molecular flexibility index (Phi) is 4.72. The Balaban J connectivity index is 1.23. The van der Waals surface area contributed by atoms with Gasteiger partial charge in [0.25, 0.3) is 5.91 Å². The number of ether oxygens (including phenoxy) is 1. The molecule has 1 amide bonds. The predicted octanol–water partition coefficient (Wildman–Crippen LogP) is 3.75. The molecular formula is C20H24N2O3. The van der Waals surface area contributed by atoms with E-state index in [1.54, 1.807) is 0 Å². The molecule has 132 valence electrons. The van der Waals surface area contributed by atoms with Gasteiger partial charge in [-0.3, -0.25) is 4.79 Å². The van der Waals surface area contributed by atoms with Gasteiger partial charge in [0.1, 0.15) is 12.0 Å². The van der Waals surface area contributed by atoms with Gasteiger partial charge in [-0.1, -0.05) is 18.2 Å². The van der Waals surface area contributed by atoms with E-state index in [1.807, 2.05) is 30.3 Å². The van der Waals surface area contributed by atoms with Crippen molar-refractivity contribution in [2.45, 2.75) is 57.1 Å². The number of aromatic nitrogens is 1. The highest BCUT2D eigenvalue weighted by atomic mass is 16.5. The van der Waals surface area contributed by atoms with Crippen LogP contribution < -0.4 is 10.1 Å². The van der Waals surface area contributed by atoms with Crippen LogP contribution in [0.25, 0.3) is 0 Å². The number of benzene rings is 1. The molecule has 0 saturated heterocycles. The molecule has 5 nitrogen and oxygen atoms in total. The van der Waals surface area contributed by atoms with Crippen molar-refractivity contribution >= 4 is 5.91 Å². The number of carbonyl (C=O) groups excluding carboxylic acids is 1. The van der Waals surface area contributed by atoms with Crippen molar-refractivity contribution in [1.29, 1.82) is 0 Å². The number of nitrogens with one attached hydrogen (secondary N) is 1. The van der Waals surface area contributed by atoms with E-state index in [1.165, 1.54) is 19.1 Å². The lowest BCUT2D eigenvalue weighted by Crippen LogP contribution is -2.39. The second-order valence-electron chi connectivity index (χ2n) is 7.15. The van der Waals surface area contributed by atoms with Gasteiger partial charge in [0.15, 0.2) is 11.6 Å². The SMILES string of the molecule is O=C(NC1CCC(Oc2ccccc2)CC1)c1coc(CC2CC2)n1. The largest absolute Gasteiger partial charge is 0.490 e. The molecule has 0 bridgehead atoms. The summed E-state index contributed by atoms with van der Waals surface area (Å²) in [6.45, 7) is 0. The van der Waals surface area contributed by atoms with Gasteiger partial charge in [-0.15, -0.1) is 0 Å². The number of hydrogen-bond acceptors (Lipinski definition) is 4. The zero-order chi connectivity index (χ0) is 17.1. The molecule has 1 aromatic heterocycles. The summed E-state index contributed by atoms with van der Waals surface area (Å²) in [5.41, 5.74) is 0.401. The first kappa shape index (κ1) is 16.2. The van der Waals surface area contributed by atoms with Gasteiger partial charge < -0.3 is 14.5 Å². The highest BCUT2D eigenvalue weighted by molar-refractivity contribution is 5.92. The van der Waals surface area contributed by atoms with E-state index in [2.05, 4.69) is 10.3 Å². The molecule has 2 saturated carbocycles. The molecule has 4 rings (SSSR count). The zero-order valence-electron chi connectivity index (χ0n) is 14.3. The third-order valence-electron chi connectivity index (χ3n) is 5.00. The Morgan fingerprint density at radius 1 is 1.12 bits per heavy atom. The van der Waals surface area contributed by atoms with E-state index in [4.69, 9.17) is 9.15 Å². The van der Waals surface area contributed by atoms with Gasteiger partial charge in [-0.05, 0) is 56.6 Å². The monoisotopic (exact) mass is 340 g/mol. The molecule has 25 heavy (non-hydrogen) atoms. The minimum atomic E-state index is -0.127. The molecule has 5 heteroatoms. The lowest BCUT2D eigenvalue weighted by Gasteiger charge is -2.29. The Labute approximate surface area is 147 Å². The first-order chi connectivity index (χ1) is 12.3. The summed E-state index contributed by atoms with van der Waals surface area (Å²) in [6, 6.07) is 10.1. The molecule has 2 aliphatic carbocycles. The third kappa shape index (κ3) is 4.41. The predicted molar refractivity (Wildman–Crippen MR) is 93.5 cm³/mol. The van der Waals surface area contributed by atoms with Crippen LogP contribution in [0, 0.1) is 5.92 Å². The van der Waals surface area contributed by atoms with E-state index in [-0.39, 0.29) is 18.1 Å². The standard InChI is InChI=1S/C20H24N2O3/c23-20(18-13-24-19(22-18)12-14-6-7-14)21-15-8-10-17(11-9-15)25-16-4-2-1-3-5-16/h1-5,13-15,17H,6-12H2,(H,21,23). The summed E-state index contributed by atoms with van der Waals surface area (Å²) in [7, 11) is 0. The fraction of sp³-hybridized carbons (Fsp3) is 0.500. The van der Waals surface area contributed by atoms with Crippen molar-refractivity contribution in [3.05, 3.63) is 48.2 Å². The molecule has 1 heterocycles. The maximum absolute atomic E-state index is 12.3. The molecule has 1 aromatic carbocycles. The number of para-hydroxylation sites is 1. The number of oxazole rings is 1. The molecular weight excluding hydrogens is 316 g/mol. The number of nitrogens with zero attached hydrogens (tertiary/aromatic N) is 1. The average molecular weight is 340 g/mol. The second kappa shape index (κ2) is 7.30. The van der Waals surface area contributed by atoms with Crippen LogP contribution in [0.1, 0.15) is 54.9 Å². The highest BCUT2D eigenvalue weighted by Crippen LogP contribution is 2.32. The number of hydrogen-bond donors (Lipinski definition) is 1. The van der Waals surface area contributed by atoms with Crippen molar-refractivity contribution in [2.75, 3.05) is 0 Å². The molecule has 2 aliphatic rings. The summed E-state index contributed by atoms with van der Waals surface area (Å²) >= 11 is 0. The average Bonchev–Trinajstić information content (AvgIpc) is 3.32. The highest BCUT2D eigenvalue weighted by Gasteiger charge is 2.26. The van der Waals surface area contributed by atoms with Crippen LogP contribution in [0.3, 0.4) is 0 Å². The molecule has 2 aromatic rings. The molecule has 1 N–H and O–H groups in total. The quantitative estimate of drug-likeness (QED) is 0.870. The Morgan fingerprint density at radius 2 is 1.88 bits per heavy atom. The summed E-state index contributed by atoms with van der Waals surface area (Å²) in [5, 5.41) is 3.08. The first-order valence-electron chi connectivity index (χ1n) is 9.23. The van der Waals surface area contributed by atoms with Gasteiger partial charge in [-0.2, -0.15) is 0 Å². The minimum absolute atomic E-state index is 0.127. The maximum Gasteiger partial charge on any atom is 0.273 e. The normalized spacial score (nSPS) is 23.2. The molecule has 2 fully saturated rings. The van der Waals surface area contributed by atoms with E-state index < -0.39 is 0 Å². The van der Waals surface area contributed by atoms with Crippen LogP contribution in [0.4, 0.5) is 0 Å². The Hall–Kier alpha value is -2.30.